The fourth-order valence-corrected chi connectivity index (χ4v) is 2.78. The third kappa shape index (κ3) is 3.71. The monoisotopic (exact) mass is 383 g/mol. The number of halogens is 1. The van der Waals surface area contributed by atoms with Gasteiger partial charge in [-0.2, -0.15) is 0 Å². The van der Waals surface area contributed by atoms with E-state index < -0.39 is 0 Å². The van der Waals surface area contributed by atoms with Crippen molar-refractivity contribution in [3.05, 3.63) is 81.6 Å². The second-order valence-electron chi connectivity index (χ2n) is 4.89. The molecule has 0 saturated carbocycles. The van der Waals surface area contributed by atoms with Crippen LogP contribution in [0.3, 0.4) is 0 Å². The predicted molar refractivity (Wildman–Crippen MR) is 104 cm³/mol. The number of nitrogens with one attached hydrogen (secondary N) is 1. The van der Waals surface area contributed by atoms with Gasteiger partial charge in [0.05, 0.1) is 0 Å². The summed E-state index contributed by atoms with van der Waals surface area (Å²) < 4.78 is 0.923. The molecule has 24 heavy (non-hydrogen) atoms. The molecule has 3 aromatic rings. The van der Waals surface area contributed by atoms with Crippen molar-refractivity contribution in [2.24, 2.45) is 0 Å². The number of ketones is 1. The van der Waals surface area contributed by atoms with Crippen molar-refractivity contribution in [2.45, 2.75) is 13.8 Å². The maximum atomic E-state index is 11.9. The number of carbonyl (C=O) groups is 1. The second-order valence-corrected chi connectivity index (χ2v) is 5.80. The minimum absolute atomic E-state index is 0.142. The lowest BCUT2D eigenvalue weighted by Gasteiger charge is -2.08. The Morgan fingerprint density at radius 1 is 1.12 bits per heavy atom. The van der Waals surface area contributed by atoms with Gasteiger partial charge in [0.2, 0.25) is 5.56 Å². The molecule has 0 aliphatic heterocycles. The topological polar surface area (TPSA) is 49.9 Å². The number of allylic oxidation sites excluding steroid dienone is 1. The molecule has 2 aromatic carbocycles. The van der Waals surface area contributed by atoms with Gasteiger partial charge in [-0.15, -0.1) is 0 Å². The first-order valence-electron chi connectivity index (χ1n) is 7.68. The van der Waals surface area contributed by atoms with Crippen LogP contribution in [0.2, 0.25) is 0 Å². The van der Waals surface area contributed by atoms with Crippen molar-refractivity contribution >= 4 is 32.6 Å². The van der Waals surface area contributed by atoms with E-state index in [1.807, 2.05) is 38.1 Å². The Balaban J connectivity index is 0.00000100. The molecule has 1 heterocycles. The van der Waals surface area contributed by atoms with Crippen LogP contribution in [0.25, 0.3) is 22.0 Å². The number of fused-ring (bicyclic) bond motifs is 1. The molecule has 122 valence electrons. The third-order valence-electron chi connectivity index (χ3n) is 3.45. The fraction of sp³-hybridized carbons (Fsp3) is 0.100. The lowest BCUT2D eigenvalue weighted by molar-refractivity contribution is 0.104. The van der Waals surface area contributed by atoms with E-state index in [1.165, 1.54) is 6.08 Å². The maximum Gasteiger partial charge on any atom is 0.249 e. The van der Waals surface area contributed by atoms with Gasteiger partial charge in [-0.05, 0) is 41.5 Å². The number of carbonyl (C=O) groups excluding carboxylic acids is 1. The van der Waals surface area contributed by atoms with Crippen molar-refractivity contribution in [2.75, 3.05) is 0 Å². The van der Waals surface area contributed by atoms with E-state index in [2.05, 4.69) is 27.5 Å². The lowest BCUT2D eigenvalue weighted by Crippen LogP contribution is -2.05. The molecular weight excluding hydrogens is 366 g/mol. The van der Waals surface area contributed by atoms with Gasteiger partial charge in [-0.3, -0.25) is 9.59 Å². The molecule has 0 radical (unpaired) electrons. The number of rotatable bonds is 3. The van der Waals surface area contributed by atoms with Gasteiger partial charge in [-0.25, -0.2) is 0 Å². The van der Waals surface area contributed by atoms with E-state index in [1.54, 1.807) is 24.3 Å². The molecule has 0 unspecified atom stereocenters. The molecule has 4 heteroatoms. The Morgan fingerprint density at radius 3 is 2.58 bits per heavy atom. The summed E-state index contributed by atoms with van der Waals surface area (Å²) in [6, 6.07) is 14.4. The molecule has 1 aromatic heterocycles. The van der Waals surface area contributed by atoms with Crippen LogP contribution in [-0.4, -0.2) is 10.8 Å². The summed E-state index contributed by atoms with van der Waals surface area (Å²) in [6.07, 6.45) is 1.28. The zero-order chi connectivity index (χ0) is 17.7. The molecule has 0 spiro atoms. The maximum absolute atomic E-state index is 11.9. The molecule has 0 bridgehead atoms. The predicted octanol–water partition coefficient (Wildman–Crippen LogP) is 5.35. The molecule has 3 rings (SSSR count). The van der Waals surface area contributed by atoms with E-state index in [0.29, 0.717) is 5.56 Å². The van der Waals surface area contributed by atoms with E-state index >= 15 is 0 Å². The van der Waals surface area contributed by atoms with Crippen LogP contribution in [0, 0.1) is 0 Å². The van der Waals surface area contributed by atoms with Crippen LogP contribution < -0.4 is 5.56 Å². The third-order valence-corrected chi connectivity index (χ3v) is 3.94. The Labute approximate surface area is 149 Å². The number of aromatic nitrogens is 1. The molecule has 0 aliphatic carbocycles. The first-order chi connectivity index (χ1) is 11.6. The SMILES string of the molecule is C=CC(=O)c1cccc(-c2cc(=O)[nH]c3ccc(Br)cc23)c1.CC. The number of hydrogen-bond donors (Lipinski definition) is 1. The zero-order valence-corrected chi connectivity index (χ0v) is 15.2. The Bertz CT molecular complexity index is 957. The quantitative estimate of drug-likeness (QED) is 0.489. The first-order valence-corrected chi connectivity index (χ1v) is 8.47. The van der Waals surface area contributed by atoms with Crippen LogP contribution in [0.5, 0.6) is 0 Å². The zero-order valence-electron chi connectivity index (χ0n) is 13.6. The molecule has 0 saturated heterocycles. The van der Waals surface area contributed by atoms with E-state index in [0.717, 1.165) is 26.5 Å². The summed E-state index contributed by atoms with van der Waals surface area (Å²) in [5, 5.41) is 0.914. The second kappa shape index (κ2) is 7.88. The standard InChI is InChI=1S/C18H12BrNO2.C2H6/c1-2-17(21)12-5-3-4-11(8-12)14-10-18(22)20-16-7-6-13(19)9-15(14)16;1-2/h2-10H,1H2,(H,20,22);1-2H3. The van der Waals surface area contributed by atoms with Gasteiger partial charge < -0.3 is 4.98 Å². The van der Waals surface area contributed by atoms with Crippen molar-refractivity contribution in [1.82, 2.24) is 4.98 Å². The molecule has 1 N–H and O–H groups in total. The average Bonchev–Trinajstić information content (AvgIpc) is 2.62. The molecule has 3 nitrogen and oxygen atoms in total. The molecule has 0 atom stereocenters. The van der Waals surface area contributed by atoms with E-state index in [-0.39, 0.29) is 11.3 Å². The van der Waals surface area contributed by atoms with Crippen LogP contribution in [0.4, 0.5) is 0 Å². The van der Waals surface area contributed by atoms with Gasteiger partial charge in [0.15, 0.2) is 5.78 Å². The van der Waals surface area contributed by atoms with Crippen molar-refractivity contribution < 1.29 is 4.79 Å². The summed E-state index contributed by atoms with van der Waals surface area (Å²) in [7, 11) is 0. The minimum Gasteiger partial charge on any atom is -0.322 e. The minimum atomic E-state index is -0.176. The van der Waals surface area contributed by atoms with E-state index in [9.17, 15) is 9.59 Å². The largest absolute Gasteiger partial charge is 0.322 e. The Kier molecular flexibility index (Phi) is 5.88. The van der Waals surface area contributed by atoms with Gasteiger partial charge in [0, 0.05) is 27.0 Å². The highest BCUT2D eigenvalue weighted by Crippen LogP contribution is 2.29. The van der Waals surface area contributed by atoms with Crippen molar-refractivity contribution in [3.63, 3.8) is 0 Å². The Morgan fingerprint density at radius 2 is 1.88 bits per heavy atom. The highest BCUT2D eigenvalue weighted by molar-refractivity contribution is 9.10. The average molecular weight is 384 g/mol. The van der Waals surface area contributed by atoms with Crippen molar-refractivity contribution in [1.29, 1.82) is 0 Å². The number of benzene rings is 2. The molecule has 0 amide bonds. The van der Waals surface area contributed by atoms with Gasteiger partial charge in [0.1, 0.15) is 0 Å². The van der Waals surface area contributed by atoms with Crippen LogP contribution in [0.15, 0.2) is 70.5 Å². The smallest absolute Gasteiger partial charge is 0.249 e. The van der Waals surface area contributed by atoms with Crippen LogP contribution >= 0.6 is 15.9 Å². The van der Waals surface area contributed by atoms with Gasteiger partial charge in [0.25, 0.3) is 0 Å². The summed E-state index contributed by atoms with van der Waals surface area (Å²) in [6.45, 7) is 7.50. The normalized spacial score (nSPS) is 9.96. The molecule has 0 fully saturated rings. The summed E-state index contributed by atoms with van der Waals surface area (Å²) in [5.74, 6) is -0.142. The molecule has 0 aliphatic rings. The van der Waals surface area contributed by atoms with E-state index in [4.69, 9.17) is 0 Å². The lowest BCUT2D eigenvalue weighted by atomic mass is 9.98. The number of hydrogen-bond acceptors (Lipinski definition) is 2. The summed E-state index contributed by atoms with van der Waals surface area (Å²) in [4.78, 5) is 26.5. The molecular formula is C20H18BrNO2. The highest BCUT2D eigenvalue weighted by Gasteiger charge is 2.09. The first kappa shape index (κ1) is 17.9. The number of aromatic amines is 1. The Hall–Kier alpha value is -2.46. The fourth-order valence-electron chi connectivity index (χ4n) is 2.42. The number of pyridine rings is 1. The summed E-state index contributed by atoms with van der Waals surface area (Å²) in [5.41, 5.74) is 2.74. The highest BCUT2D eigenvalue weighted by atomic mass is 79.9. The number of H-pyrrole nitrogens is 1. The summed E-state index contributed by atoms with van der Waals surface area (Å²) >= 11 is 3.45. The van der Waals surface area contributed by atoms with Crippen LogP contribution in [0.1, 0.15) is 24.2 Å². The van der Waals surface area contributed by atoms with Crippen molar-refractivity contribution in [3.8, 4) is 11.1 Å². The van der Waals surface area contributed by atoms with Gasteiger partial charge in [-0.1, -0.05) is 54.6 Å². The van der Waals surface area contributed by atoms with Gasteiger partial charge >= 0.3 is 0 Å². The van der Waals surface area contributed by atoms with Crippen LogP contribution in [-0.2, 0) is 0 Å².